The van der Waals surface area contributed by atoms with Crippen LogP contribution in [0.4, 0.5) is 0 Å². The van der Waals surface area contributed by atoms with Gasteiger partial charge < -0.3 is 4.74 Å². The molecule has 1 aliphatic carbocycles. The summed E-state index contributed by atoms with van der Waals surface area (Å²) in [6.07, 6.45) is 7.28. The van der Waals surface area contributed by atoms with Gasteiger partial charge in [-0.25, -0.2) is 0 Å². The van der Waals surface area contributed by atoms with Crippen molar-refractivity contribution < 1.29 is 4.74 Å². The van der Waals surface area contributed by atoms with Gasteiger partial charge in [-0.15, -0.1) is 0 Å². The van der Waals surface area contributed by atoms with Crippen LogP contribution >= 0.6 is 0 Å². The van der Waals surface area contributed by atoms with Crippen molar-refractivity contribution in [1.29, 1.82) is 0 Å². The van der Waals surface area contributed by atoms with Gasteiger partial charge in [-0.2, -0.15) is 0 Å². The van der Waals surface area contributed by atoms with Crippen LogP contribution in [-0.2, 0) is 4.74 Å². The molecule has 2 aliphatic rings. The molecule has 0 aromatic heterocycles. The molecule has 1 fully saturated rings. The summed E-state index contributed by atoms with van der Waals surface area (Å²) in [4.78, 5) is 0. The Morgan fingerprint density at radius 2 is 2.60 bits per heavy atom. The molecule has 1 unspecified atom stereocenters. The minimum Gasteiger partial charge on any atom is -0.481 e. The summed E-state index contributed by atoms with van der Waals surface area (Å²) in [7, 11) is 0. The van der Waals surface area contributed by atoms with Gasteiger partial charge in [-0.3, -0.25) is 5.32 Å². The van der Waals surface area contributed by atoms with E-state index in [9.17, 15) is 0 Å². The van der Waals surface area contributed by atoms with E-state index in [1.807, 2.05) is 12.2 Å². The van der Waals surface area contributed by atoms with Gasteiger partial charge in [0, 0.05) is 0 Å². The first-order valence-corrected chi connectivity index (χ1v) is 3.56. The van der Waals surface area contributed by atoms with E-state index in [1.165, 1.54) is 0 Å². The van der Waals surface area contributed by atoms with Crippen LogP contribution in [0.1, 0.15) is 13.3 Å². The van der Waals surface area contributed by atoms with E-state index in [-0.39, 0.29) is 5.54 Å². The van der Waals surface area contributed by atoms with Gasteiger partial charge in [0.25, 0.3) is 0 Å². The van der Waals surface area contributed by atoms with E-state index in [4.69, 9.17) is 4.74 Å². The zero-order valence-corrected chi connectivity index (χ0v) is 6.05. The Labute approximate surface area is 60.6 Å². The summed E-state index contributed by atoms with van der Waals surface area (Å²) < 4.78 is 5.36. The molecule has 1 aliphatic heterocycles. The first kappa shape index (κ1) is 5.98. The van der Waals surface area contributed by atoms with Gasteiger partial charge in [0.05, 0.1) is 5.54 Å². The van der Waals surface area contributed by atoms with Crippen molar-refractivity contribution in [1.82, 2.24) is 5.32 Å². The van der Waals surface area contributed by atoms with Crippen LogP contribution in [0.25, 0.3) is 0 Å². The number of fused-ring (bicyclic) bond motifs is 1. The third-order valence-electron chi connectivity index (χ3n) is 2.14. The predicted molar refractivity (Wildman–Crippen MR) is 39.3 cm³/mol. The normalized spacial score (nSPS) is 36.7. The maximum Gasteiger partial charge on any atom is 0.139 e. The SMILES string of the molecule is CC12CC=CC=C1OCN2. The molecular weight excluding hydrogens is 126 g/mol. The first-order chi connectivity index (χ1) is 4.81. The molecule has 0 saturated carbocycles. The summed E-state index contributed by atoms with van der Waals surface area (Å²) in [6, 6.07) is 0. The van der Waals surface area contributed by atoms with Crippen molar-refractivity contribution in [2.45, 2.75) is 18.9 Å². The van der Waals surface area contributed by atoms with Crippen molar-refractivity contribution >= 4 is 0 Å². The molecule has 0 amide bonds. The summed E-state index contributed by atoms with van der Waals surface area (Å²) in [5, 5.41) is 3.29. The lowest BCUT2D eigenvalue weighted by atomic mass is 9.92. The third kappa shape index (κ3) is 0.688. The molecule has 2 rings (SSSR count). The molecule has 0 spiro atoms. The lowest BCUT2D eigenvalue weighted by molar-refractivity contribution is 0.250. The zero-order chi connectivity index (χ0) is 7.03. The van der Waals surface area contributed by atoms with Crippen LogP contribution in [0.3, 0.4) is 0 Å². The average molecular weight is 137 g/mol. The Morgan fingerprint density at radius 1 is 1.70 bits per heavy atom. The molecule has 10 heavy (non-hydrogen) atoms. The summed E-state index contributed by atoms with van der Waals surface area (Å²) in [5.41, 5.74) is 0.0920. The Balaban J connectivity index is 2.34. The number of nitrogens with one attached hydrogen (secondary N) is 1. The van der Waals surface area contributed by atoms with Crippen LogP contribution in [0, 0.1) is 0 Å². The van der Waals surface area contributed by atoms with Gasteiger partial charge in [0.1, 0.15) is 12.5 Å². The molecule has 0 bridgehead atoms. The fourth-order valence-corrected chi connectivity index (χ4v) is 1.38. The largest absolute Gasteiger partial charge is 0.481 e. The van der Waals surface area contributed by atoms with Crippen molar-refractivity contribution in [2.75, 3.05) is 6.73 Å². The minimum absolute atomic E-state index is 0.0920. The third-order valence-corrected chi connectivity index (χ3v) is 2.14. The zero-order valence-electron chi connectivity index (χ0n) is 6.05. The van der Waals surface area contributed by atoms with Crippen LogP contribution in [-0.4, -0.2) is 12.3 Å². The number of allylic oxidation sites excluding steroid dienone is 2. The van der Waals surface area contributed by atoms with Crippen molar-refractivity contribution in [2.24, 2.45) is 0 Å². The highest BCUT2D eigenvalue weighted by molar-refractivity contribution is 5.27. The summed E-state index contributed by atoms with van der Waals surface area (Å²) in [6.45, 7) is 2.82. The predicted octanol–water partition coefficient (Wildman–Crippen LogP) is 1.17. The molecule has 1 N–H and O–H groups in total. The van der Waals surface area contributed by atoms with E-state index in [0.717, 1.165) is 12.2 Å². The van der Waals surface area contributed by atoms with Gasteiger partial charge in [-0.1, -0.05) is 12.2 Å². The second-order valence-electron chi connectivity index (χ2n) is 2.96. The number of hydrogen-bond donors (Lipinski definition) is 1. The smallest absolute Gasteiger partial charge is 0.139 e. The number of hydrogen-bond acceptors (Lipinski definition) is 2. The van der Waals surface area contributed by atoms with Gasteiger partial charge in [-0.05, 0) is 19.4 Å². The maximum absolute atomic E-state index is 5.36. The van der Waals surface area contributed by atoms with Crippen LogP contribution in [0.2, 0.25) is 0 Å². The van der Waals surface area contributed by atoms with E-state index in [0.29, 0.717) is 6.73 Å². The monoisotopic (exact) mass is 137 g/mol. The Hall–Kier alpha value is -0.760. The highest BCUT2D eigenvalue weighted by Crippen LogP contribution is 2.29. The highest BCUT2D eigenvalue weighted by atomic mass is 16.5. The highest BCUT2D eigenvalue weighted by Gasteiger charge is 2.34. The van der Waals surface area contributed by atoms with E-state index < -0.39 is 0 Å². The van der Waals surface area contributed by atoms with Gasteiger partial charge in [0.2, 0.25) is 0 Å². The second kappa shape index (κ2) is 1.86. The number of rotatable bonds is 0. The Morgan fingerprint density at radius 3 is 3.40 bits per heavy atom. The van der Waals surface area contributed by atoms with Gasteiger partial charge >= 0.3 is 0 Å². The molecule has 0 aromatic rings. The number of ether oxygens (including phenoxy) is 1. The van der Waals surface area contributed by atoms with Crippen molar-refractivity contribution in [3.63, 3.8) is 0 Å². The summed E-state index contributed by atoms with van der Waals surface area (Å²) >= 11 is 0. The lowest BCUT2D eigenvalue weighted by Crippen LogP contribution is -2.37. The fraction of sp³-hybridized carbons (Fsp3) is 0.500. The quantitative estimate of drug-likeness (QED) is 0.541. The molecule has 1 saturated heterocycles. The maximum atomic E-state index is 5.36. The molecule has 2 nitrogen and oxygen atoms in total. The Bertz CT molecular complexity index is 207. The van der Waals surface area contributed by atoms with Crippen molar-refractivity contribution in [3.05, 3.63) is 24.0 Å². The van der Waals surface area contributed by atoms with E-state index in [2.05, 4.69) is 18.3 Å². The molecule has 1 atom stereocenters. The minimum atomic E-state index is 0.0920. The molecule has 0 radical (unpaired) electrons. The molecule has 2 heteroatoms. The first-order valence-electron chi connectivity index (χ1n) is 3.56. The van der Waals surface area contributed by atoms with Crippen LogP contribution in [0.15, 0.2) is 24.0 Å². The van der Waals surface area contributed by atoms with E-state index >= 15 is 0 Å². The fourth-order valence-electron chi connectivity index (χ4n) is 1.38. The van der Waals surface area contributed by atoms with Crippen LogP contribution < -0.4 is 5.32 Å². The standard InChI is InChI=1S/C8H11NO/c1-8-5-3-2-4-7(8)10-6-9-8/h2-4,9H,5-6H2,1H3. The van der Waals surface area contributed by atoms with Gasteiger partial charge in [0.15, 0.2) is 0 Å². The summed E-state index contributed by atoms with van der Waals surface area (Å²) in [5.74, 6) is 1.08. The lowest BCUT2D eigenvalue weighted by Gasteiger charge is -2.23. The van der Waals surface area contributed by atoms with Crippen molar-refractivity contribution in [3.8, 4) is 0 Å². The molecular formula is C8H11NO. The second-order valence-corrected chi connectivity index (χ2v) is 2.96. The van der Waals surface area contributed by atoms with E-state index in [1.54, 1.807) is 0 Å². The Kier molecular flexibility index (Phi) is 1.11. The molecule has 54 valence electrons. The molecule has 0 aromatic carbocycles. The molecule has 1 heterocycles. The average Bonchev–Trinajstić information content (AvgIpc) is 2.29. The van der Waals surface area contributed by atoms with Crippen LogP contribution in [0.5, 0.6) is 0 Å². The topological polar surface area (TPSA) is 21.3 Å².